The number of hydrogen-bond acceptors (Lipinski definition) is 4. The Bertz CT molecular complexity index is 836. The number of methoxy groups -OCH3 is 2. The Morgan fingerprint density at radius 2 is 1.92 bits per heavy atom. The number of carbonyl (C=O) groups is 1. The average Bonchev–Trinajstić information content (AvgIpc) is 2.53. The van der Waals surface area contributed by atoms with Gasteiger partial charge in [-0.2, -0.15) is 0 Å². The number of aromatic nitrogens is 1. The van der Waals surface area contributed by atoms with Crippen LogP contribution in [-0.2, 0) is 11.2 Å². The molecule has 0 spiro atoms. The number of carboxylic acids is 1. The van der Waals surface area contributed by atoms with Crippen molar-refractivity contribution < 1.29 is 19.4 Å². The van der Waals surface area contributed by atoms with Gasteiger partial charge in [-0.05, 0) is 33.3 Å². The summed E-state index contributed by atoms with van der Waals surface area (Å²) >= 11 is 0. The molecule has 6 nitrogen and oxygen atoms in total. The van der Waals surface area contributed by atoms with Crippen LogP contribution in [0.5, 0.6) is 11.5 Å². The first-order valence-corrected chi connectivity index (χ1v) is 7.83. The van der Waals surface area contributed by atoms with Crippen molar-refractivity contribution >= 4 is 16.9 Å². The second kappa shape index (κ2) is 6.95. The highest BCUT2D eigenvalue weighted by molar-refractivity contribution is 5.88. The second-order valence-corrected chi connectivity index (χ2v) is 5.98. The summed E-state index contributed by atoms with van der Waals surface area (Å²) in [6.45, 7) is 5.88. The molecule has 0 amide bonds. The molecule has 0 atom stereocenters. The number of fused-ring (bicyclic) bond motifs is 1. The maximum Gasteiger partial charge on any atom is 0.303 e. The van der Waals surface area contributed by atoms with E-state index in [4.69, 9.17) is 14.6 Å². The minimum absolute atomic E-state index is 0.0824. The highest BCUT2D eigenvalue weighted by Crippen LogP contribution is 2.33. The number of benzene rings is 1. The molecule has 1 aromatic carbocycles. The number of nitrogens with zero attached hydrogens (tertiary/aromatic N) is 1. The molecule has 1 aromatic heterocycles. The summed E-state index contributed by atoms with van der Waals surface area (Å²) in [6.07, 6.45) is 0.114. The zero-order chi connectivity index (χ0) is 18.0. The van der Waals surface area contributed by atoms with E-state index in [9.17, 15) is 9.59 Å². The molecule has 1 heterocycles. The van der Waals surface area contributed by atoms with Crippen molar-refractivity contribution in [1.82, 2.24) is 4.57 Å². The van der Waals surface area contributed by atoms with Crippen molar-refractivity contribution in [1.29, 1.82) is 0 Å². The molecule has 0 saturated carbocycles. The van der Waals surface area contributed by atoms with Gasteiger partial charge in [-0.1, -0.05) is 0 Å². The van der Waals surface area contributed by atoms with Gasteiger partial charge in [0.1, 0.15) is 11.5 Å². The van der Waals surface area contributed by atoms with Crippen molar-refractivity contribution in [2.45, 2.75) is 39.7 Å². The Hall–Kier alpha value is -2.50. The molecule has 130 valence electrons. The monoisotopic (exact) mass is 333 g/mol. The summed E-state index contributed by atoms with van der Waals surface area (Å²) in [4.78, 5) is 23.9. The predicted molar refractivity (Wildman–Crippen MR) is 92.4 cm³/mol. The molecular weight excluding hydrogens is 310 g/mol. The fourth-order valence-electron chi connectivity index (χ4n) is 3.09. The molecule has 6 heteroatoms. The Morgan fingerprint density at radius 1 is 1.25 bits per heavy atom. The van der Waals surface area contributed by atoms with E-state index in [1.807, 2.05) is 25.3 Å². The summed E-state index contributed by atoms with van der Waals surface area (Å²) in [5.74, 6) is 0.163. The molecule has 2 rings (SSSR count). The molecule has 0 saturated heterocycles. The number of ether oxygens (including phenoxy) is 2. The van der Waals surface area contributed by atoms with Crippen LogP contribution >= 0.6 is 0 Å². The van der Waals surface area contributed by atoms with E-state index in [2.05, 4.69) is 0 Å². The molecule has 0 radical (unpaired) electrons. The van der Waals surface area contributed by atoms with Crippen LogP contribution in [-0.4, -0.2) is 29.9 Å². The lowest BCUT2D eigenvalue weighted by atomic mass is 10.0. The number of rotatable bonds is 6. The Morgan fingerprint density at radius 3 is 2.42 bits per heavy atom. The van der Waals surface area contributed by atoms with Crippen LogP contribution in [0.25, 0.3) is 10.9 Å². The van der Waals surface area contributed by atoms with Crippen LogP contribution in [0.15, 0.2) is 16.9 Å². The maximum atomic E-state index is 13.0. The Labute approximate surface area is 140 Å². The summed E-state index contributed by atoms with van der Waals surface area (Å²) in [7, 11) is 3.08. The SMILES string of the molecule is COc1cc(OC)c2c(c1)c(=O)c(CCC(=O)O)c(C)n2C(C)C. The quantitative estimate of drug-likeness (QED) is 0.879. The van der Waals surface area contributed by atoms with Gasteiger partial charge in [0.15, 0.2) is 5.43 Å². The molecule has 0 fully saturated rings. The minimum Gasteiger partial charge on any atom is -0.497 e. The lowest BCUT2D eigenvalue weighted by Crippen LogP contribution is -2.21. The van der Waals surface area contributed by atoms with Crippen LogP contribution in [0.1, 0.15) is 37.6 Å². The third-order valence-electron chi connectivity index (χ3n) is 4.17. The van der Waals surface area contributed by atoms with E-state index >= 15 is 0 Å². The molecule has 2 aromatic rings. The van der Waals surface area contributed by atoms with E-state index < -0.39 is 5.97 Å². The van der Waals surface area contributed by atoms with Crippen molar-refractivity contribution in [2.24, 2.45) is 0 Å². The summed E-state index contributed by atoms with van der Waals surface area (Å²) in [5.41, 5.74) is 1.83. The first kappa shape index (κ1) is 17.8. The van der Waals surface area contributed by atoms with Gasteiger partial charge >= 0.3 is 5.97 Å². The van der Waals surface area contributed by atoms with Gasteiger partial charge in [0.25, 0.3) is 0 Å². The average molecular weight is 333 g/mol. The van der Waals surface area contributed by atoms with E-state index in [1.165, 1.54) is 7.11 Å². The summed E-state index contributed by atoms with van der Waals surface area (Å²) in [5, 5.41) is 9.44. The van der Waals surface area contributed by atoms with Crippen LogP contribution in [0.4, 0.5) is 0 Å². The molecule has 0 aliphatic rings. The number of aliphatic carboxylic acids is 1. The number of hydrogen-bond donors (Lipinski definition) is 1. The minimum atomic E-state index is -0.923. The lowest BCUT2D eigenvalue weighted by molar-refractivity contribution is -0.136. The van der Waals surface area contributed by atoms with E-state index in [0.717, 1.165) is 5.69 Å². The van der Waals surface area contributed by atoms with Gasteiger partial charge < -0.3 is 19.1 Å². The fraction of sp³-hybridized carbons (Fsp3) is 0.444. The molecule has 1 N–H and O–H groups in total. The molecule has 0 unspecified atom stereocenters. The Balaban J connectivity index is 2.91. The van der Waals surface area contributed by atoms with Gasteiger partial charge in [0.2, 0.25) is 0 Å². The maximum absolute atomic E-state index is 13.0. The van der Waals surface area contributed by atoms with Crippen molar-refractivity contribution in [2.75, 3.05) is 14.2 Å². The van der Waals surface area contributed by atoms with Crippen LogP contribution in [0.3, 0.4) is 0 Å². The zero-order valence-corrected chi connectivity index (χ0v) is 14.7. The van der Waals surface area contributed by atoms with E-state index in [1.54, 1.807) is 19.2 Å². The molecule has 0 aliphatic carbocycles. The topological polar surface area (TPSA) is 77.8 Å². The van der Waals surface area contributed by atoms with E-state index in [0.29, 0.717) is 28.0 Å². The fourth-order valence-corrected chi connectivity index (χ4v) is 3.09. The largest absolute Gasteiger partial charge is 0.497 e. The second-order valence-electron chi connectivity index (χ2n) is 5.98. The molecule has 0 aliphatic heterocycles. The van der Waals surface area contributed by atoms with Gasteiger partial charge in [-0.3, -0.25) is 9.59 Å². The van der Waals surface area contributed by atoms with Crippen molar-refractivity contribution in [3.05, 3.63) is 33.6 Å². The number of carboxylic acid groups (broad SMARTS) is 1. The van der Waals surface area contributed by atoms with Crippen LogP contribution < -0.4 is 14.9 Å². The molecule has 24 heavy (non-hydrogen) atoms. The number of pyridine rings is 1. The molecular formula is C18H23NO5. The van der Waals surface area contributed by atoms with Gasteiger partial charge in [0.05, 0.1) is 25.1 Å². The normalized spacial score (nSPS) is 11.1. The third-order valence-corrected chi connectivity index (χ3v) is 4.17. The first-order chi connectivity index (χ1) is 11.3. The predicted octanol–water partition coefficient (Wildman–Crippen LogP) is 2.93. The van der Waals surface area contributed by atoms with Crippen molar-refractivity contribution in [3.8, 4) is 11.5 Å². The van der Waals surface area contributed by atoms with Gasteiger partial charge in [-0.25, -0.2) is 0 Å². The highest BCUT2D eigenvalue weighted by Gasteiger charge is 2.20. The highest BCUT2D eigenvalue weighted by atomic mass is 16.5. The van der Waals surface area contributed by atoms with E-state index in [-0.39, 0.29) is 24.3 Å². The summed E-state index contributed by atoms with van der Waals surface area (Å²) in [6, 6.07) is 3.51. The van der Waals surface area contributed by atoms with Crippen LogP contribution in [0.2, 0.25) is 0 Å². The smallest absolute Gasteiger partial charge is 0.303 e. The summed E-state index contributed by atoms with van der Waals surface area (Å²) < 4.78 is 12.8. The van der Waals surface area contributed by atoms with Crippen LogP contribution in [0, 0.1) is 6.92 Å². The lowest BCUT2D eigenvalue weighted by Gasteiger charge is -2.23. The first-order valence-electron chi connectivity index (χ1n) is 7.83. The third kappa shape index (κ3) is 3.09. The van der Waals surface area contributed by atoms with Gasteiger partial charge in [0, 0.05) is 29.8 Å². The zero-order valence-electron chi connectivity index (χ0n) is 14.7. The van der Waals surface area contributed by atoms with Crippen molar-refractivity contribution in [3.63, 3.8) is 0 Å². The van der Waals surface area contributed by atoms with Gasteiger partial charge in [-0.15, -0.1) is 0 Å². The molecule has 0 bridgehead atoms. The Kier molecular flexibility index (Phi) is 5.17. The standard InChI is InChI=1S/C18H23NO5/c1-10(2)19-11(3)13(6-7-16(20)21)18(22)14-8-12(23-4)9-15(24-5)17(14)19/h8-10H,6-7H2,1-5H3,(H,20,21).